The zero-order valence-electron chi connectivity index (χ0n) is 16.7. The summed E-state index contributed by atoms with van der Waals surface area (Å²) in [4.78, 5) is 28.9. The number of amides is 2. The molecular weight excluding hydrogens is 392 g/mol. The van der Waals surface area contributed by atoms with Crippen LogP contribution in [0.15, 0.2) is 47.6 Å². The first-order valence-corrected chi connectivity index (χ1v) is 9.49. The van der Waals surface area contributed by atoms with Crippen molar-refractivity contribution in [3.05, 3.63) is 64.2 Å². The van der Waals surface area contributed by atoms with Crippen LogP contribution in [0, 0.1) is 13.8 Å². The van der Waals surface area contributed by atoms with Crippen molar-refractivity contribution in [3.8, 4) is 0 Å². The predicted molar refractivity (Wildman–Crippen MR) is 115 cm³/mol. The average molecular weight is 417 g/mol. The molecule has 1 atom stereocenters. The van der Waals surface area contributed by atoms with Crippen molar-refractivity contribution in [1.29, 1.82) is 0 Å². The van der Waals surface area contributed by atoms with Crippen LogP contribution in [0.2, 0.25) is 5.02 Å². The fourth-order valence-corrected chi connectivity index (χ4v) is 2.71. The van der Waals surface area contributed by atoms with Gasteiger partial charge in [0.05, 0.1) is 23.2 Å². The number of oxime groups is 1. The second-order valence-electron chi connectivity index (χ2n) is 6.69. The quantitative estimate of drug-likeness (QED) is 0.348. The van der Waals surface area contributed by atoms with Gasteiger partial charge < -0.3 is 21.2 Å². The van der Waals surface area contributed by atoms with Crippen LogP contribution in [-0.4, -0.2) is 24.3 Å². The molecule has 0 radical (unpaired) electrons. The highest BCUT2D eigenvalue weighted by molar-refractivity contribution is 6.33. The van der Waals surface area contributed by atoms with Gasteiger partial charge in [0.2, 0.25) is 5.91 Å². The van der Waals surface area contributed by atoms with Crippen LogP contribution in [-0.2, 0) is 14.4 Å². The van der Waals surface area contributed by atoms with Gasteiger partial charge in [0.25, 0.3) is 5.91 Å². The number of nitrogens with zero attached hydrogens (tertiary/aromatic N) is 1. The molecule has 0 heterocycles. The third kappa shape index (κ3) is 7.12. The third-order valence-electron chi connectivity index (χ3n) is 4.28. The van der Waals surface area contributed by atoms with Crippen LogP contribution in [0.25, 0.3) is 0 Å². The molecule has 154 valence electrons. The summed E-state index contributed by atoms with van der Waals surface area (Å²) in [6, 6.07) is 12.7. The predicted octanol–water partition coefficient (Wildman–Crippen LogP) is 3.45. The largest absolute Gasteiger partial charge is 0.384 e. The van der Waals surface area contributed by atoms with Crippen LogP contribution >= 0.6 is 11.6 Å². The first kappa shape index (κ1) is 22.2. The van der Waals surface area contributed by atoms with Gasteiger partial charge in [0, 0.05) is 0 Å². The van der Waals surface area contributed by atoms with E-state index in [0.29, 0.717) is 10.7 Å². The van der Waals surface area contributed by atoms with E-state index in [-0.39, 0.29) is 30.8 Å². The molecule has 2 aromatic rings. The van der Waals surface area contributed by atoms with Gasteiger partial charge in [-0.15, -0.1) is 0 Å². The van der Waals surface area contributed by atoms with E-state index in [1.54, 1.807) is 24.3 Å². The number of halogens is 1. The van der Waals surface area contributed by atoms with E-state index in [2.05, 4.69) is 15.8 Å². The molecule has 0 fully saturated rings. The summed E-state index contributed by atoms with van der Waals surface area (Å²) in [7, 11) is 0. The zero-order valence-corrected chi connectivity index (χ0v) is 17.4. The van der Waals surface area contributed by atoms with Crippen LogP contribution in [0.5, 0.6) is 0 Å². The number of anilines is 1. The fraction of sp³-hybridized carbons (Fsp3) is 0.286. The van der Waals surface area contributed by atoms with E-state index < -0.39 is 5.91 Å². The van der Waals surface area contributed by atoms with E-state index >= 15 is 0 Å². The van der Waals surface area contributed by atoms with Gasteiger partial charge in [-0.05, 0) is 49.6 Å². The first-order valence-electron chi connectivity index (χ1n) is 9.11. The van der Waals surface area contributed by atoms with Gasteiger partial charge in [-0.1, -0.05) is 47.1 Å². The topological polar surface area (TPSA) is 106 Å². The highest BCUT2D eigenvalue weighted by atomic mass is 35.5. The standard InChI is InChI=1S/C21H25ClN4O3/c1-13-8-9-16(10-14(13)2)15(3)24-21(28)12-29-26-19(23)11-20(27)25-18-7-5-4-6-17(18)22/h4-10,15H,11-12H2,1-3H3,(H2,23,26)(H,24,28)(H,25,27). The summed E-state index contributed by atoms with van der Waals surface area (Å²) >= 11 is 5.98. The molecule has 1 unspecified atom stereocenters. The molecule has 8 heteroatoms. The molecule has 0 spiro atoms. The molecule has 0 bridgehead atoms. The van der Waals surface area contributed by atoms with Crippen LogP contribution < -0.4 is 16.4 Å². The summed E-state index contributed by atoms with van der Waals surface area (Å²) in [6.45, 7) is 5.64. The maximum Gasteiger partial charge on any atom is 0.261 e. The number of carbonyl (C=O) groups is 2. The molecule has 7 nitrogen and oxygen atoms in total. The van der Waals surface area contributed by atoms with E-state index in [0.717, 1.165) is 11.1 Å². The summed E-state index contributed by atoms with van der Waals surface area (Å²) in [5.41, 5.74) is 9.51. The number of benzene rings is 2. The monoisotopic (exact) mass is 416 g/mol. The van der Waals surface area contributed by atoms with Crippen LogP contribution in [0.1, 0.15) is 36.1 Å². The number of nitrogens with two attached hydrogens (primary N) is 1. The zero-order chi connectivity index (χ0) is 21.4. The van der Waals surface area contributed by atoms with Crippen molar-refractivity contribution >= 4 is 34.9 Å². The number of hydrogen-bond donors (Lipinski definition) is 3. The lowest BCUT2D eigenvalue weighted by Crippen LogP contribution is -2.30. The number of aryl methyl sites for hydroxylation is 2. The third-order valence-corrected chi connectivity index (χ3v) is 4.61. The van der Waals surface area contributed by atoms with E-state index in [4.69, 9.17) is 22.2 Å². The second-order valence-corrected chi connectivity index (χ2v) is 7.10. The molecule has 0 aliphatic rings. The highest BCUT2D eigenvalue weighted by Crippen LogP contribution is 2.20. The smallest absolute Gasteiger partial charge is 0.261 e. The van der Waals surface area contributed by atoms with Gasteiger partial charge in [0.1, 0.15) is 5.84 Å². The molecule has 0 aliphatic heterocycles. The van der Waals surface area contributed by atoms with Gasteiger partial charge >= 0.3 is 0 Å². The molecular formula is C21H25ClN4O3. The molecule has 0 saturated carbocycles. The molecule has 29 heavy (non-hydrogen) atoms. The van der Waals surface area contributed by atoms with E-state index in [9.17, 15) is 9.59 Å². The number of nitrogens with one attached hydrogen (secondary N) is 2. The Morgan fingerprint density at radius 1 is 1.14 bits per heavy atom. The van der Waals surface area contributed by atoms with Crippen molar-refractivity contribution in [2.75, 3.05) is 11.9 Å². The minimum atomic E-state index is -0.393. The minimum Gasteiger partial charge on any atom is -0.384 e. The Morgan fingerprint density at radius 2 is 1.86 bits per heavy atom. The lowest BCUT2D eigenvalue weighted by atomic mass is 10.0. The van der Waals surface area contributed by atoms with Crippen molar-refractivity contribution < 1.29 is 14.4 Å². The normalized spacial score (nSPS) is 12.2. The first-order chi connectivity index (χ1) is 13.8. The van der Waals surface area contributed by atoms with Gasteiger partial charge in [-0.2, -0.15) is 0 Å². The van der Waals surface area contributed by atoms with Gasteiger partial charge in [-0.25, -0.2) is 0 Å². The lowest BCUT2D eigenvalue weighted by molar-refractivity contribution is -0.126. The second kappa shape index (κ2) is 10.5. The number of para-hydroxylation sites is 1. The van der Waals surface area contributed by atoms with Crippen LogP contribution in [0.3, 0.4) is 0 Å². The summed E-state index contributed by atoms with van der Waals surface area (Å²) < 4.78 is 0. The molecule has 2 amide bonds. The van der Waals surface area contributed by atoms with Crippen LogP contribution in [0.4, 0.5) is 5.69 Å². The molecule has 0 aliphatic carbocycles. The number of amidine groups is 1. The maximum absolute atomic E-state index is 12.0. The number of carbonyl (C=O) groups excluding carboxylic acids is 2. The number of rotatable bonds is 8. The summed E-state index contributed by atoms with van der Waals surface area (Å²) in [6.07, 6.45) is -0.189. The molecule has 2 aromatic carbocycles. The highest BCUT2D eigenvalue weighted by Gasteiger charge is 2.12. The molecule has 0 aromatic heterocycles. The van der Waals surface area contributed by atoms with Gasteiger partial charge in [0.15, 0.2) is 6.61 Å². The van der Waals surface area contributed by atoms with Crippen molar-refractivity contribution in [3.63, 3.8) is 0 Å². The Labute approximate surface area is 175 Å². The summed E-state index contributed by atoms with van der Waals surface area (Å²) in [5.74, 6) is -0.784. The van der Waals surface area contributed by atoms with Gasteiger partial charge in [-0.3, -0.25) is 9.59 Å². The summed E-state index contributed by atoms with van der Waals surface area (Å²) in [5, 5.41) is 9.49. The van der Waals surface area contributed by atoms with Crippen molar-refractivity contribution in [1.82, 2.24) is 5.32 Å². The Balaban J connectivity index is 1.77. The number of hydrogen-bond acceptors (Lipinski definition) is 4. The van der Waals surface area contributed by atoms with E-state index in [1.165, 1.54) is 5.56 Å². The Hall–Kier alpha value is -3.06. The minimum absolute atomic E-state index is 0.0513. The van der Waals surface area contributed by atoms with E-state index in [1.807, 2.05) is 39.0 Å². The molecule has 4 N–H and O–H groups in total. The fourth-order valence-electron chi connectivity index (χ4n) is 2.53. The molecule has 2 rings (SSSR count). The Morgan fingerprint density at radius 3 is 2.55 bits per heavy atom. The van der Waals surface area contributed by atoms with Crippen molar-refractivity contribution in [2.24, 2.45) is 10.9 Å². The lowest BCUT2D eigenvalue weighted by Gasteiger charge is -2.15. The Kier molecular flexibility index (Phi) is 8.03. The maximum atomic E-state index is 12.0. The average Bonchev–Trinajstić information content (AvgIpc) is 2.65. The molecule has 0 saturated heterocycles. The van der Waals surface area contributed by atoms with Crippen molar-refractivity contribution in [2.45, 2.75) is 33.2 Å². The Bertz CT molecular complexity index is 915. The SMILES string of the molecule is Cc1ccc(C(C)NC(=O)CO/N=C(/N)CC(=O)Nc2ccccc2Cl)cc1C.